The lowest BCUT2D eigenvalue weighted by Crippen LogP contribution is -2.44. The van der Waals surface area contributed by atoms with Crippen molar-refractivity contribution in [1.82, 2.24) is 9.80 Å². The number of carbonyl (C=O) groups is 2. The lowest BCUT2D eigenvalue weighted by atomic mass is 10.1. The van der Waals surface area contributed by atoms with Crippen LogP contribution in [-0.4, -0.2) is 62.2 Å². The molecule has 0 aliphatic rings. The zero-order valence-electron chi connectivity index (χ0n) is 23.1. The van der Waals surface area contributed by atoms with E-state index in [1.54, 1.807) is 48.7 Å². The molecule has 208 valence electrons. The smallest absolute Gasteiger partial charge is 0.322 e. The summed E-state index contributed by atoms with van der Waals surface area (Å²) < 4.78 is 16.4. The van der Waals surface area contributed by atoms with Gasteiger partial charge in [-0.1, -0.05) is 24.3 Å². The number of amides is 3. The van der Waals surface area contributed by atoms with Gasteiger partial charge in [0.25, 0.3) is 0 Å². The molecule has 0 aliphatic heterocycles. The van der Waals surface area contributed by atoms with Gasteiger partial charge < -0.3 is 29.3 Å². The van der Waals surface area contributed by atoms with Crippen LogP contribution in [0.4, 0.5) is 10.5 Å². The second-order valence-electron chi connectivity index (χ2n) is 8.80. The van der Waals surface area contributed by atoms with Crippen molar-refractivity contribution in [2.75, 3.05) is 45.8 Å². The van der Waals surface area contributed by atoms with Crippen LogP contribution in [0.2, 0.25) is 0 Å². The minimum absolute atomic E-state index is 0.0923. The second-order valence-corrected chi connectivity index (χ2v) is 10.2. The number of para-hydroxylation sites is 2. The SMILES string of the molecule is C=CCN(CC(=O)N(CCc1ccc(OC)c(OC)c1)Cc1ccc(C)s1)C(=O)Nc1ccccc1OCC. The summed E-state index contributed by atoms with van der Waals surface area (Å²) in [5.74, 6) is 1.71. The second kappa shape index (κ2) is 14.8. The van der Waals surface area contributed by atoms with Gasteiger partial charge in [0.1, 0.15) is 12.3 Å². The average Bonchev–Trinajstić information content (AvgIpc) is 3.36. The van der Waals surface area contributed by atoms with Gasteiger partial charge >= 0.3 is 6.03 Å². The Labute approximate surface area is 234 Å². The highest BCUT2D eigenvalue weighted by atomic mass is 32.1. The molecule has 2 aromatic carbocycles. The summed E-state index contributed by atoms with van der Waals surface area (Å²) in [6.45, 7) is 9.23. The van der Waals surface area contributed by atoms with E-state index in [1.807, 2.05) is 56.3 Å². The number of nitrogens with zero attached hydrogens (tertiary/aromatic N) is 2. The van der Waals surface area contributed by atoms with E-state index in [2.05, 4.69) is 11.9 Å². The first-order valence-corrected chi connectivity index (χ1v) is 13.6. The van der Waals surface area contributed by atoms with Gasteiger partial charge in [-0.2, -0.15) is 0 Å². The molecule has 1 N–H and O–H groups in total. The minimum atomic E-state index is -0.401. The molecule has 0 fully saturated rings. The van der Waals surface area contributed by atoms with Crippen LogP contribution in [0, 0.1) is 6.92 Å². The molecule has 0 unspecified atom stereocenters. The molecule has 3 aromatic rings. The predicted octanol–water partition coefficient (Wildman–Crippen LogP) is 5.76. The summed E-state index contributed by atoms with van der Waals surface area (Å²) in [5.41, 5.74) is 1.56. The number of carbonyl (C=O) groups excluding carboxylic acids is 2. The van der Waals surface area contributed by atoms with Gasteiger partial charge in [0.2, 0.25) is 5.91 Å². The van der Waals surface area contributed by atoms with E-state index in [-0.39, 0.29) is 19.0 Å². The Hall–Kier alpha value is -3.98. The predicted molar refractivity (Wildman–Crippen MR) is 156 cm³/mol. The number of hydrogen-bond donors (Lipinski definition) is 1. The molecule has 1 heterocycles. The summed E-state index contributed by atoms with van der Waals surface area (Å²) in [4.78, 5) is 32.3. The van der Waals surface area contributed by atoms with Crippen LogP contribution in [0.3, 0.4) is 0 Å². The first kappa shape index (κ1) is 29.6. The minimum Gasteiger partial charge on any atom is -0.493 e. The number of rotatable bonds is 14. The number of aryl methyl sites for hydroxylation is 1. The average molecular weight is 552 g/mol. The summed E-state index contributed by atoms with van der Waals surface area (Å²) in [6.07, 6.45) is 2.23. The van der Waals surface area contributed by atoms with Crippen LogP contribution in [0.15, 0.2) is 67.3 Å². The van der Waals surface area contributed by atoms with Gasteiger partial charge in [0, 0.05) is 22.8 Å². The molecule has 39 heavy (non-hydrogen) atoms. The topological polar surface area (TPSA) is 80.3 Å². The fourth-order valence-corrected chi connectivity index (χ4v) is 4.94. The van der Waals surface area contributed by atoms with E-state index in [1.165, 1.54) is 9.78 Å². The number of nitrogens with one attached hydrogen (secondary N) is 1. The van der Waals surface area contributed by atoms with Gasteiger partial charge in [-0.25, -0.2) is 4.79 Å². The fraction of sp³-hybridized carbons (Fsp3) is 0.333. The van der Waals surface area contributed by atoms with Crippen LogP contribution in [0.1, 0.15) is 22.2 Å². The van der Waals surface area contributed by atoms with Crippen LogP contribution in [0.5, 0.6) is 17.2 Å². The van der Waals surface area contributed by atoms with Gasteiger partial charge in [-0.05, 0) is 62.2 Å². The number of urea groups is 1. The number of benzene rings is 2. The van der Waals surface area contributed by atoms with Crippen LogP contribution in [0.25, 0.3) is 0 Å². The first-order chi connectivity index (χ1) is 18.9. The molecule has 1 aromatic heterocycles. The molecule has 0 saturated heterocycles. The lowest BCUT2D eigenvalue weighted by Gasteiger charge is -2.27. The standard InChI is InChI=1S/C30H37N3O5S/c1-6-17-33(30(35)31-25-10-8-9-11-26(25)38-7-2)21-29(34)32(20-24-14-12-22(3)39-24)18-16-23-13-15-27(36-4)28(19-23)37-5/h6,8-15,19H,1,7,16-18,20-21H2,2-5H3,(H,31,35). The van der Waals surface area contributed by atoms with Crippen molar-refractivity contribution in [2.45, 2.75) is 26.8 Å². The van der Waals surface area contributed by atoms with Crippen molar-refractivity contribution in [3.8, 4) is 17.2 Å². The molecule has 0 saturated carbocycles. The molecule has 3 amide bonds. The Morgan fingerprint density at radius 3 is 2.44 bits per heavy atom. The Kier molecular flexibility index (Phi) is 11.2. The van der Waals surface area contributed by atoms with E-state index in [0.717, 1.165) is 10.4 Å². The molecule has 0 aliphatic carbocycles. The van der Waals surface area contributed by atoms with Gasteiger partial charge in [-0.3, -0.25) is 4.79 Å². The highest BCUT2D eigenvalue weighted by Crippen LogP contribution is 2.28. The third-order valence-electron chi connectivity index (χ3n) is 6.01. The molecule has 3 rings (SSSR count). The van der Waals surface area contributed by atoms with Gasteiger partial charge in [-0.15, -0.1) is 17.9 Å². The summed E-state index contributed by atoms with van der Waals surface area (Å²) in [5, 5.41) is 2.88. The quantitative estimate of drug-likeness (QED) is 0.258. The van der Waals surface area contributed by atoms with Crippen molar-refractivity contribution >= 4 is 29.0 Å². The molecular formula is C30H37N3O5S. The lowest BCUT2D eigenvalue weighted by molar-refractivity contribution is -0.132. The maximum absolute atomic E-state index is 13.6. The Bertz CT molecular complexity index is 1260. The molecule has 0 atom stereocenters. The number of hydrogen-bond acceptors (Lipinski definition) is 6. The largest absolute Gasteiger partial charge is 0.493 e. The molecule has 0 spiro atoms. The van der Waals surface area contributed by atoms with E-state index in [4.69, 9.17) is 14.2 Å². The summed E-state index contributed by atoms with van der Waals surface area (Å²) >= 11 is 1.66. The Morgan fingerprint density at radius 1 is 1.00 bits per heavy atom. The Balaban J connectivity index is 1.76. The number of ether oxygens (including phenoxy) is 3. The summed E-state index contributed by atoms with van der Waals surface area (Å²) in [7, 11) is 3.20. The zero-order valence-corrected chi connectivity index (χ0v) is 23.9. The van der Waals surface area contributed by atoms with Gasteiger partial charge in [0.15, 0.2) is 11.5 Å². The maximum atomic E-state index is 13.6. The molecule has 0 radical (unpaired) electrons. The zero-order chi connectivity index (χ0) is 28.2. The third kappa shape index (κ3) is 8.51. The van der Waals surface area contributed by atoms with Crippen LogP contribution in [-0.2, 0) is 17.8 Å². The number of thiophene rings is 1. The van der Waals surface area contributed by atoms with Crippen molar-refractivity contribution in [1.29, 1.82) is 0 Å². The molecular weight excluding hydrogens is 514 g/mol. The van der Waals surface area contributed by atoms with Gasteiger partial charge in [0.05, 0.1) is 33.1 Å². The van der Waals surface area contributed by atoms with Crippen molar-refractivity contribution in [3.63, 3.8) is 0 Å². The van der Waals surface area contributed by atoms with E-state index in [0.29, 0.717) is 49.1 Å². The summed E-state index contributed by atoms with van der Waals surface area (Å²) in [6, 6.07) is 16.7. The highest BCUT2D eigenvalue weighted by molar-refractivity contribution is 7.11. The van der Waals surface area contributed by atoms with E-state index >= 15 is 0 Å². The molecule has 0 bridgehead atoms. The van der Waals surface area contributed by atoms with Crippen molar-refractivity contribution in [2.24, 2.45) is 0 Å². The Morgan fingerprint density at radius 2 is 1.77 bits per heavy atom. The third-order valence-corrected chi connectivity index (χ3v) is 6.99. The highest BCUT2D eigenvalue weighted by Gasteiger charge is 2.22. The van der Waals surface area contributed by atoms with Crippen molar-refractivity contribution in [3.05, 3.63) is 82.6 Å². The fourth-order valence-electron chi connectivity index (χ4n) is 4.03. The molecule has 8 nitrogen and oxygen atoms in total. The van der Waals surface area contributed by atoms with Crippen molar-refractivity contribution < 1.29 is 23.8 Å². The monoisotopic (exact) mass is 551 g/mol. The van der Waals surface area contributed by atoms with Crippen LogP contribution < -0.4 is 19.5 Å². The van der Waals surface area contributed by atoms with Crippen LogP contribution >= 0.6 is 11.3 Å². The number of anilines is 1. The first-order valence-electron chi connectivity index (χ1n) is 12.8. The van der Waals surface area contributed by atoms with E-state index < -0.39 is 6.03 Å². The normalized spacial score (nSPS) is 10.5. The maximum Gasteiger partial charge on any atom is 0.322 e. The molecule has 9 heteroatoms. The van der Waals surface area contributed by atoms with E-state index in [9.17, 15) is 9.59 Å². The number of methoxy groups -OCH3 is 2.